The molecule has 2 fully saturated rings. The lowest BCUT2D eigenvalue weighted by molar-refractivity contribution is -0.233. The average molecular weight is 548 g/mol. The highest BCUT2D eigenvalue weighted by Gasteiger charge is 2.54. The molecule has 3 rings (SSSR count). The molecular weight excluding hydrogens is 498 g/mol. The van der Waals surface area contributed by atoms with Crippen molar-refractivity contribution in [3.8, 4) is 0 Å². The minimum atomic E-state index is -2.60. The number of carbonyl (C=O) groups is 3. The number of nitrogens with zero attached hydrogens (tertiary/aromatic N) is 1. The number of carbonyl (C=O) groups excluding carboxylic acids is 3. The number of aliphatic hydroxyl groups is 1. The first-order chi connectivity index (χ1) is 18.4. The Kier molecular flexibility index (Phi) is 10.9. The number of methoxy groups -OCH3 is 1. The fraction of sp³-hybridized carbons (Fsp3) is 0.774. The molecule has 2 saturated heterocycles. The van der Waals surface area contributed by atoms with Crippen molar-refractivity contribution in [2.75, 3.05) is 13.7 Å². The van der Waals surface area contributed by atoms with Crippen LogP contribution in [0, 0.1) is 23.7 Å². The third kappa shape index (κ3) is 7.39. The second-order valence-corrected chi connectivity index (χ2v) is 12.4. The lowest BCUT2D eigenvalue weighted by atomic mass is 9.88. The van der Waals surface area contributed by atoms with E-state index in [1.807, 2.05) is 39.8 Å². The van der Waals surface area contributed by atoms with Crippen LogP contribution in [0.4, 0.5) is 0 Å². The minimum absolute atomic E-state index is 0.0166. The number of likely N-dealkylation sites (tertiary alicyclic amines) is 1. The Morgan fingerprint density at radius 2 is 1.85 bits per heavy atom. The molecule has 1 aliphatic carbocycles. The smallest absolute Gasteiger partial charge is 0.329 e. The zero-order chi connectivity index (χ0) is 28.9. The van der Waals surface area contributed by atoms with Crippen molar-refractivity contribution in [2.45, 2.75) is 117 Å². The lowest BCUT2D eigenvalue weighted by Crippen LogP contribution is -2.62. The number of hydrogen-bond acceptors (Lipinski definition) is 7. The third-order valence-electron chi connectivity index (χ3n) is 8.57. The number of ketones is 1. The van der Waals surface area contributed by atoms with E-state index in [0.717, 1.165) is 24.8 Å². The molecule has 7 atom stereocenters. The first kappa shape index (κ1) is 31.5. The van der Waals surface area contributed by atoms with Gasteiger partial charge in [-0.2, -0.15) is 0 Å². The maximum Gasteiger partial charge on any atom is 0.329 e. The Bertz CT molecular complexity index is 941. The highest BCUT2D eigenvalue weighted by Crippen LogP contribution is 2.33. The molecule has 8 heteroatoms. The summed E-state index contributed by atoms with van der Waals surface area (Å²) in [7, 11) is 1.72. The summed E-state index contributed by atoms with van der Waals surface area (Å²) in [5.74, 6) is -4.64. The standard InChI is InChI=1S/C31H49NO7/c1-19(2)25(16-14-23-13-11-21(5)27(18-23)37-7)38-29(34)24-10-8-9-17-32(24)30(35)31(36)28(33)22(6)12-15-26(39-31)20(3)4/h14,16,18-22,24-27,36H,8-13,15,17H2,1-7H3/b16-14+. The van der Waals surface area contributed by atoms with E-state index in [2.05, 4.69) is 13.0 Å². The fourth-order valence-corrected chi connectivity index (χ4v) is 5.74. The zero-order valence-corrected chi connectivity index (χ0v) is 24.9. The summed E-state index contributed by atoms with van der Waals surface area (Å²) in [4.78, 5) is 41.8. The summed E-state index contributed by atoms with van der Waals surface area (Å²) >= 11 is 0. The van der Waals surface area contributed by atoms with Crippen LogP contribution in [0.3, 0.4) is 0 Å². The number of allylic oxidation sites excluding steroid dienone is 2. The number of Topliss-reactive ketones (excluding diaryl/α,β-unsaturated/α-hetero) is 1. The Hall–Kier alpha value is -2.03. The van der Waals surface area contributed by atoms with E-state index in [4.69, 9.17) is 14.2 Å². The normalized spacial score (nSPS) is 33.3. The van der Waals surface area contributed by atoms with Crippen molar-refractivity contribution in [3.63, 3.8) is 0 Å². The fourth-order valence-electron chi connectivity index (χ4n) is 5.74. The van der Waals surface area contributed by atoms with Crippen molar-refractivity contribution in [2.24, 2.45) is 23.7 Å². The van der Waals surface area contributed by atoms with Gasteiger partial charge in [0.15, 0.2) is 0 Å². The number of esters is 1. The largest absolute Gasteiger partial charge is 0.456 e. The maximum absolute atomic E-state index is 13.8. The van der Waals surface area contributed by atoms with Crippen LogP contribution in [0.15, 0.2) is 23.8 Å². The van der Waals surface area contributed by atoms with Gasteiger partial charge < -0.3 is 24.2 Å². The Labute approximate surface area is 234 Å². The van der Waals surface area contributed by atoms with Crippen LogP contribution in [0.1, 0.15) is 86.5 Å². The van der Waals surface area contributed by atoms with Gasteiger partial charge in [-0.3, -0.25) is 9.59 Å². The van der Waals surface area contributed by atoms with Crippen molar-refractivity contribution in [3.05, 3.63) is 23.8 Å². The van der Waals surface area contributed by atoms with Crippen LogP contribution in [-0.2, 0) is 28.6 Å². The Morgan fingerprint density at radius 1 is 1.13 bits per heavy atom. The Morgan fingerprint density at radius 3 is 2.49 bits per heavy atom. The van der Waals surface area contributed by atoms with Crippen LogP contribution in [0.25, 0.3) is 0 Å². The highest BCUT2D eigenvalue weighted by atomic mass is 16.6. The van der Waals surface area contributed by atoms with Crippen LogP contribution in [0.2, 0.25) is 0 Å². The van der Waals surface area contributed by atoms with E-state index >= 15 is 0 Å². The molecule has 0 aromatic heterocycles. The maximum atomic E-state index is 13.8. The zero-order valence-electron chi connectivity index (χ0n) is 24.9. The molecule has 0 aromatic carbocycles. The average Bonchev–Trinajstić information content (AvgIpc) is 3.03. The van der Waals surface area contributed by atoms with E-state index < -0.39 is 47.6 Å². The van der Waals surface area contributed by atoms with Gasteiger partial charge in [0, 0.05) is 19.6 Å². The summed E-state index contributed by atoms with van der Waals surface area (Å²) in [6.07, 6.45) is 10.1. The van der Waals surface area contributed by atoms with Crippen molar-refractivity contribution in [1.82, 2.24) is 4.90 Å². The van der Waals surface area contributed by atoms with E-state index in [0.29, 0.717) is 31.6 Å². The summed E-state index contributed by atoms with van der Waals surface area (Å²) < 4.78 is 17.4. The molecule has 0 radical (unpaired) electrons. The SMILES string of the molecule is COC1C=C(/C=C/C(OC(=O)C2CCCCN2C(=O)C2(O)OC(C(C)C)CCC(C)C2=O)C(C)C)CCC1C. The van der Waals surface area contributed by atoms with Crippen LogP contribution in [0.5, 0.6) is 0 Å². The molecule has 8 nitrogen and oxygen atoms in total. The van der Waals surface area contributed by atoms with Gasteiger partial charge in [0.2, 0.25) is 5.78 Å². The summed E-state index contributed by atoms with van der Waals surface area (Å²) in [6, 6.07) is -0.884. The molecule has 2 aliphatic heterocycles. The molecule has 39 heavy (non-hydrogen) atoms. The molecule has 1 amide bonds. The predicted molar refractivity (Wildman–Crippen MR) is 149 cm³/mol. The molecule has 3 aliphatic rings. The molecule has 0 aromatic rings. The molecule has 0 spiro atoms. The van der Waals surface area contributed by atoms with Crippen molar-refractivity contribution < 1.29 is 33.7 Å². The van der Waals surface area contributed by atoms with E-state index in [9.17, 15) is 19.5 Å². The number of amides is 1. The van der Waals surface area contributed by atoms with Crippen LogP contribution < -0.4 is 0 Å². The second kappa shape index (κ2) is 13.6. The molecule has 7 unspecified atom stereocenters. The highest BCUT2D eigenvalue weighted by molar-refractivity contribution is 6.09. The molecule has 0 saturated carbocycles. The molecule has 220 valence electrons. The van der Waals surface area contributed by atoms with Gasteiger partial charge in [-0.1, -0.05) is 53.7 Å². The number of piperidine rings is 1. The van der Waals surface area contributed by atoms with Crippen molar-refractivity contribution >= 4 is 17.7 Å². The molecule has 1 N–H and O–H groups in total. The van der Waals surface area contributed by atoms with E-state index in [-0.39, 0.29) is 24.5 Å². The van der Waals surface area contributed by atoms with Crippen LogP contribution in [-0.4, -0.2) is 71.5 Å². The van der Waals surface area contributed by atoms with Gasteiger partial charge in [-0.15, -0.1) is 0 Å². The number of rotatable bonds is 8. The molecule has 2 heterocycles. The quantitative estimate of drug-likeness (QED) is 0.350. The summed E-state index contributed by atoms with van der Waals surface area (Å²) in [5, 5.41) is 11.4. The molecule has 0 bridgehead atoms. The lowest BCUT2D eigenvalue weighted by Gasteiger charge is -2.40. The van der Waals surface area contributed by atoms with E-state index in [1.54, 1.807) is 14.0 Å². The van der Waals surface area contributed by atoms with Crippen LogP contribution >= 0.6 is 0 Å². The number of ether oxygens (including phenoxy) is 3. The predicted octanol–water partition coefficient (Wildman–Crippen LogP) is 4.59. The van der Waals surface area contributed by atoms with Gasteiger partial charge in [0.1, 0.15) is 12.1 Å². The first-order valence-electron chi connectivity index (χ1n) is 14.8. The van der Waals surface area contributed by atoms with Gasteiger partial charge in [-0.25, -0.2) is 4.79 Å². The van der Waals surface area contributed by atoms with Gasteiger partial charge in [0.05, 0.1) is 12.2 Å². The Balaban J connectivity index is 1.79. The van der Waals surface area contributed by atoms with Gasteiger partial charge in [-0.05, 0) is 74.3 Å². The van der Waals surface area contributed by atoms with Crippen molar-refractivity contribution in [1.29, 1.82) is 0 Å². The number of hydrogen-bond donors (Lipinski definition) is 1. The van der Waals surface area contributed by atoms with E-state index in [1.165, 1.54) is 4.90 Å². The third-order valence-corrected chi connectivity index (χ3v) is 8.57. The second-order valence-electron chi connectivity index (χ2n) is 12.4. The van der Waals surface area contributed by atoms with Gasteiger partial charge >= 0.3 is 11.8 Å². The van der Waals surface area contributed by atoms with Gasteiger partial charge in [0.25, 0.3) is 5.91 Å². The molecular formula is C31H49NO7. The first-order valence-corrected chi connectivity index (χ1v) is 14.8. The monoisotopic (exact) mass is 547 g/mol. The topological polar surface area (TPSA) is 102 Å². The summed E-state index contributed by atoms with van der Waals surface area (Å²) in [6.45, 7) is 12.0. The minimum Gasteiger partial charge on any atom is -0.456 e. The summed E-state index contributed by atoms with van der Waals surface area (Å²) in [5.41, 5.74) is 1.15.